The molecule has 0 saturated heterocycles. The molecule has 2 nitrogen and oxygen atoms in total. The summed E-state index contributed by atoms with van der Waals surface area (Å²) in [6, 6.07) is 60.8. The van der Waals surface area contributed by atoms with Crippen LogP contribution in [0.5, 0.6) is 0 Å². The van der Waals surface area contributed by atoms with E-state index in [0.717, 1.165) is 44.4 Å². The van der Waals surface area contributed by atoms with Crippen molar-refractivity contribution in [3.8, 4) is 33.6 Å². The van der Waals surface area contributed by atoms with E-state index in [-0.39, 0.29) is 0 Å². The molecule has 0 bridgehead atoms. The number of para-hydroxylation sites is 1. The number of rotatable bonds is 3. The molecule has 2 heterocycles. The fraction of sp³-hybridized carbons (Fsp3) is 0. The Morgan fingerprint density at radius 2 is 0.880 bits per heavy atom. The molecule has 11 rings (SSSR count). The monoisotopic (exact) mass is 636 g/mol. The van der Waals surface area contributed by atoms with E-state index in [2.05, 4.69) is 158 Å². The van der Waals surface area contributed by atoms with Crippen LogP contribution in [-0.2, 0) is 0 Å². The van der Waals surface area contributed by atoms with Crippen molar-refractivity contribution in [1.29, 1.82) is 0 Å². The van der Waals surface area contributed by atoms with E-state index in [4.69, 9.17) is 8.83 Å². The lowest BCUT2D eigenvalue weighted by atomic mass is 9.84. The maximum absolute atomic E-state index is 6.55. The standard InChI is InChI=1S/C48H28O2/c1-3-13-32-29(11-1)22-26-43-48(32)41-23-21-31(28-45(41)50-43)46-36-16-6-8-18-38(36)47(39-19-9-7-17-37(39)46)40-25-24-35(33-14-4-5-15-34(33)40)44-27-30-12-2-10-20-42(30)49-44/h1-28H. The summed E-state index contributed by atoms with van der Waals surface area (Å²) in [6.45, 7) is 0. The summed E-state index contributed by atoms with van der Waals surface area (Å²) < 4.78 is 12.9. The van der Waals surface area contributed by atoms with E-state index in [1.54, 1.807) is 0 Å². The van der Waals surface area contributed by atoms with Gasteiger partial charge in [0.2, 0.25) is 0 Å². The molecule has 0 amide bonds. The Kier molecular flexibility index (Phi) is 5.70. The van der Waals surface area contributed by atoms with Gasteiger partial charge >= 0.3 is 0 Å². The first-order chi connectivity index (χ1) is 24.8. The molecule has 11 aromatic rings. The van der Waals surface area contributed by atoms with Crippen LogP contribution < -0.4 is 0 Å². The van der Waals surface area contributed by atoms with Crippen molar-refractivity contribution in [2.24, 2.45) is 0 Å². The van der Waals surface area contributed by atoms with Crippen LogP contribution in [0.15, 0.2) is 179 Å². The minimum atomic E-state index is 0.882. The normalized spacial score (nSPS) is 12.0. The smallest absolute Gasteiger partial charge is 0.136 e. The summed E-state index contributed by atoms with van der Waals surface area (Å²) in [4.78, 5) is 0. The van der Waals surface area contributed by atoms with Gasteiger partial charge in [0.15, 0.2) is 0 Å². The molecule has 0 atom stereocenters. The third-order valence-electron chi connectivity index (χ3n) is 10.5. The highest BCUT2D eigenvalue weighted by Gasteiger charge is 2.20. The molecule has 0 saturated carbocycles. The Labute approximate surface area is 287 Å². The highest BCUT2D eigenvalue weighted by molar-refractivity contribution is 6.25. The average Bonchev–Trinajstić information content (AvgIpc) is 3.78. The molecular weight excluding hydrogens is 609 g/mol. The lowest BCUT2D eigenvalue weighted by Crippen LogP contribution is -1.92. The lowest BCUT2D eigenvalue weighted by molar-refractivity contribution is 0.632. The van der Waals surface area contributed by atoms with Gasteiger partial charge in [0.1, 0.15) is 22.5 Å². The second-order valence-corrected chi connectivity index (χ2v) is 13.2. The minimum Gasteiger partial charge on any atom is -0.456 e. The third kappa shape index (κ3) is 3.90. The van der Waals surface area contributed by atoms with Gasteiger partial charge in [0, 0.05) is 21.7 Å². The summed E-state index contributed by atoms with van der Waals surface area (Å²) in [7, 11) is 0. The Bertz CT molecular complexity index is 3070. The van der Waals surface area contributed by atoms with Crippen LogP contribution in [0.4, 0.5) is 0 Å². The Balaban J connectivity index is 1.17. The second-order valence-electron chi connectivity index (χ2n) is 13.2. The molecule has 232 valence electrons. The maximum atomic E-state index is 6.55. The van der Waals surface area contributed by atoms with Gasteiger partial charge < -0.3 is 8.83 Å². The van der Waals surface area contributed by atoms with Gasteiger partial charge in [-0.2, -0.15) is 0 Å². The van der Waals surface area contributed by atoms with Crippen molar-refractivity contribution in [1.82, 2.24) is 0 Å². The largest absolute Gasteiger partial charge is 0.456 e. The molecular formula is C48H28O2. The average molecular weight is 637 g/mol. The Hall–Kier alpha value is -6.64. The molecule has 0 N–H and O–H groups in total. The van der Waals surface area contributed by atoms with Crippen LogP contribution in [0, 0.1) is 0 Å². The molecule has 2 aromatic heterocycles. The summed E-state index contributed by atoms with van der Waals surface area (Å²) >= 11 is 0. The predicted molar refractivity (Wildman–Crippen MR) is 210 cm³/mol. The summed E-state index contributed by atoms with van der Waals surface area (Å²) in [6.07, 6.45) is 0. The first-order valence-corrected chi connectivity index (χ1v) is 17.1. The van der Waals surface area contributed by atoms with Crippen LogP contribution >= 0.6 is 0 Å². The molecule has 0 aliphatic carbocycles. The van der Waals surface area contributed by atoms with Gasteiger partial charge in [-0.3, -0.25) is 0 Å². The van der Waals surface area contributed by atoms with Gasteiger partial charge in [-0.1, -0.05) is 133 Å². The molecule has 9 aromatic carbocycles. The van der Waals surface area contributed by atoms with Gasteiger partial charge in [0.25, 0.3) is 0 Å². The van der Waals surface area contributed by atoms with Gasteiger partial charge in [0.05, 0.1) is 0 Å². The van der Waals surface area contributed by atoms with Crippen molar-refractivity contribution < 1.29 is 8.83 Å². The first-order valence-electron chi connectivity index (χ1n) is 17.1. The molecule has 0 radical (unpaired) electrons. The Morgan fingerprint density at radius 3 is 1.60 bits per heavy atom. The molecule has 2 heteroatoms. The van der Waals surface area contributed by atoms with E-state index >= 15 is 0 Å². The number of hydrogen-bond donors (Lipinski definition) is 0. The highest BCUT2D eigenvalue weighted by atomic mass is 16.3. The van der Waals surface area contributed by atoms with Gasteiger partial charge in [-0.25, -0.2) is 0 Å². The van der Waals surface area contributed by atoms with Crippen molar-refractivity contribution in [3.63, 3.8) is 0 Å². The zero-order valence-corrected chi connectivity index (χ0v) is 27.0. The third-order valence-corrected chi connectivity index (χ3v) is 10.5. The van der Waals surface area contributed by atoms with E-state index in [1.807, 2.05) is 12.1 Å². The highest BCUT2D eigenvalue weighted by Crippen LogP contribution is 2.47. The lowest BCUT2D eigenvalue weighted by Gasteiger charge is -2.19. The SMILES string of the molecule is c1ccc2oc(-c3ccc(-c4c5ccccc5c(-c5ccc6c(c5)oc5ccc7ccccc7c56)c5ccccc45)c4ccccc34)cc2c1. The van der Waals surface area contributed by atoms with Gasteiger partial charge in [-0.05, 0) is 102 Å². The van der Waals surface area contributed by atoms with Crippen molar-refractivity contribution >= 4 is 76.0 Å². The van der Waals surface area contributed by atoms with Crippen LogP contribution in [-0.4, -0.2) is 0 Å². The van der Waals surface area contributed by atoms with Crippen LogP contribution in [0.2, 0.25) is 0 Å². The van der Waals surface area contributed by atoms with E-state index in [9.17, 15) is 0 Å². The topological polar surface area (TPSA) is 26.3 Å². The zero-order chi connectivity index (χ0) is 32.8. The van der Waals surface area contributed by atoms with E-state index in [0.29, 0.717) is 0 Å². The number of hydrogen-bond acceptors (Lipinski definition) is 2. The summed E-state index contributed by atoms with van der Waals surface area (Å²) in [5.41, 5.74) is 8.62. The van der Waals surface area contributed by atoms with E-state index < -0.39 is 0 Å². The quantitative estimate of drug-likeness (QED) is 0.180. The first kappa shape index (κ1) is 27.3. The molecule has 50 heavy (non-hydrogen) atoms. The summed E-state index contributed by atoms with van der Waals surface area (Å²) in [5, 5.41) is 13.1. The summed E-state index contributed by atoms with van der Waals surface area (Å²) in [5.74, 6) is 0.882. The molecule has 0 spiro atoms. The molecule has 0 unspecified atom stereocenters. The molecule has 0 aliphatic rings. The number of furan rings is 2. The van der Waals surface area contributed by atoms with Crippen LogP contribution in [0.25, 0.3) is 110 Å². The number of fused-ring (bicyclic) bond motifs is 9. The van der Waals surface area contributed by atoms with Crippen molar-refractivity contribution in [3.05, 3.63) is 170 Å². The minimum absolute atomic E-state index is 0.882. The molecule has 0 aliphatic heterocycles. The van der Waals surface area contributed by atoms with Crippen LogP contribution in [0.1, 0.15) is 0 Å². The van der Waals surface area contributed by atoms with Crippen LogP contribution in [0.3, 0.4) is 0 Å². The Morgan fingerprint density at radius 1 is 0.300 bits per heavy atom. The fourth-order valence-corrected chi connectivity index (χ4v) is 8.28. The van der Waals surface area contributed by atoms with Gasteiger partial charge in [-0.15, -0.1) is 0 Å². The zero-order valence-electron chi connectivity index (χ0n) is 27.0. The fourth-order valence-electron chi connectivity index (χ4n) is 8.28. The number of benzene rings is 9. The van der Waals surface area contributed by atoms with E-state index in [1.165, 1.54) is 65.2 Å². The molecule has 0 fully saturated rings. The predicted octanol–water partition coefficient (Wildman–Crippen LogP) is 13.9. The second kappa shape index (κ2) is 10.4. The maximum Gasteiger partial charge on any atom is 0.136 e. The van der Waals surface area contributed by atoms with Crippen molar-refractivity contribution in [2.45, 2.75) is 0 Å². The van der Waals surface area contributed by atoms with Crippen molar-refractivity contribution in [2.75, 3.05) is 0 Å².